The monoisotopic (exact) mass is 319 g/mol. The van der Waals surface area contributed by atoms with E-state index in [-0.39, 0.29) is 11.7 Å². The largest absolute Gasteiger partial charge is 0.473 e. The maximum Gasteiger partial charge on any atom is 0.256 e. The Morgan fingerprint density at radius 1 is 1.22 bits per heavy atom. The smallest absolute Gasteiger partial charge is 0.256 e. The summed E-state index contributed by atoms with van der Waals surface area (Å²) in [7, 11) is 0. The summed E-state index contributed by atoms with van der Waals surface area (Å²) in [6.45, 7) is 0.890. The summed E-state index contributed by atoms with van der Waals surface area (Å²) in [4.78, 5) is 13.8. The number of likely N-dealkylation sites (tertiary alicyclic amines) is 1. The summed E-state index contributed by atoms with van der Waals surface area (Å²) in [5.74, 6) is -1.52. The van der Waals surface area contributed by atoms with Crippen molar-refractivity contribution in [2.45, 2.75) is 18.9 Å². The average Bonchev–Trinajstić information content (AvgIpc) is 2.56. The number of rotatable bonds is 3. The Hall–Kier alpha value is -2.57. The van der Waals surface area contributed by atoms with Gasteiger partial charge < -0.3 is 9.64 Å². The molecule has 0 radical (unpaired) electrons. The summed E-state index contributed by atoms with van der Waals surface area (Å²) in [6, 6.07) is 6.43. The number of carbonyl (C=O) groups excluding carboxylic acids is 1. The van der Waals surface area contributed by atoms with Crippen LogP contribution in [0, 0.1) is 11.6 Å². The summed E-state index contributed by atoms with van der Waals surface area (Å²) in [5.41, 5.74) is -0.111. The minimum absolute atomic E-state index is 0.0613. The van der Waals surface area contributed by atoms with Crippen molar-refractivity contribution in [2.75, 3.05) is 13.1 Å². The van der Waals surface area contributed by atoms with E-state index >= 15 is 0 Å². The van der Waals surface area contributed by atoms with Gasteiger partial charge in [-0.3, -0.25) is 4.79 Å². The normalized spacial score (nSPS) is 15.5. The van der Waals surface area contributed by atoms with Crippen molar-refractivity contribution >= 4 is 5.91 Å². The molecule has 1 aliphatic rings. The third-order valence-corrected chi connectivity index (χ3v) is 3.73. The zero-order valence-corrected chi connectivity index (χ0v) is 12.3. The molecule has 0 unspecified atom stereocenters. The Bertz CT molecular complexity index is 689. The van der Waals surface area contributed by atoms with Crippen LogP contribution in [0.1, 0.15) is 23.2 Å². The van der Waals surface area contributed by atoms with Crippen LogP contribution in [0.15, 0.2) is 36.5 Å². The van der Waals surface area contributed by atoms with E-state index < -0.39 is 17.5 Å². The predicted octanol–water partition coefficient (Wildman–Crippen LogP) is 2.44. The van der Waals surface area contributed by atoms with Gasteiger partial charge in [0.15, 0.2) is 0 Å². The first-order valence-corrected chi connectivity index (χ1v) is 7.32. The molecule has 0 bridgehead atoms. The highest BCUT2D eigenvalue weighted by atomic mass is 19.1. The second kappa shape index (κ2) is 6.68. The minimum Gasteiger partial charge on any atom is -0.473 e. The molecule has 1 aliphatic heterocycles. The third kappa shape index (κ3) is 3.61. The molecule has 1 amide bonds. The topological polar surface area (TPSA) is 55.3 Å². The summed E-state index contributed by atoms with van der Waals surface area (Å²) >= 11 is 0. The first-order valence-electron chi connectivity index (χ1n) is 7.32. The fourth-order valence-electron chi connectivity index (χ4n) is 2.53. The molecule has 1 fully saturated rings. The van der Waals surface area contributed by atoms with Gasteiger partial charge in [-0.15, -0.1) is 5.10 Å². The fraction of sp³-hybridized carbons (Fsp3) is 0.312. The Morgan fingerprint density at radius 3 is 2.65 bits per heavy atom. The highest BCUT2D eigenvalue weighted by molar-refractivity contribution is 5.94. The summed E-state index contributed by atoms with van der Waals surface area (Å²) in [5, 5.41) is 7.59. The number of piperidine rings is 1. The lowest BCUT2D eigenvalue weighted by molar-refractivity contribution is 0.0582. The van der Waals surface area contributed by atoms with E-state index in [0.29, 0.717) is 31.8 Å². The van der Waals surface area contributed by atoms with Crippen molar-refractivity contribution in [3.8, 4) is 5.88 Å². The zero-order valence-electron chi connectivity index (χ0n) is 12.3. The van der Waals surface area contributed by atoms with Gasteiger partial charge in [0.25, 0.3) is 5.91 Å². The van der Waals surface area contributed by atoms with Gasteiger partial charge in [0, 0.05) is 44.3 Å². The lowest BCUT2D eigenvalue weighted by Gasteiger charge is -2.32. The molecule has 0 atom stereocenters. The molecule has 0 saturated carbocycles. The molecular weight excluding hydrogens is 304 g/mol. The molecule has 1 saturated heterocycles. The van der Waals surface area contributed by atoms with Crippen LogP contribution in [0.5, 0.6) is 5.88 Å². The van der Waals surface area contributed by atoms with Crippen molar-refractivity contribution in [2.24, 2.45) is 0 Å². The lowest BCUT2D eigenvalue weighted by atomic mass is 10.1. The van der Waals surface area contributed by atoms with Gasteiger partial charge in [0.05, 0.1) is 5.56 Å². The van der Waals surface area contributed by atoms with Crippen molar-refractivity contribution in [3.05, 3.63) is 53.7 Å². The number of aromatic nitrogens is 2. The van der Waals surface area contributed by atoms with Gasteiger partial charge in [-0.05, 0) is 18.2 Å². The zero-order chi connectivity index (χ0) is 16.2. The van der Waals surface area contributed by atoms with Crippen molar-refractivity contribution < 1.29 is 18.3 Å². The number of halogens is 2. The molecule has 7 heteroatoms. The molecule has 0 spiro atoms. The van der Waals surface area contributed by atoms with Crippen LogP contribution >= 0.6 is 0 Å². The Balaban J connectivity index is 1.59. The van der Waals surface area contributed by atoms with Crippen molar-refractivity contribution in [1.82, 2.24) is 15.1 Å². The quantitative estimate of drug-likeness (QED) is 0.872. The Kier molecular flexibility index (Phi) is 4.45. The van der Waals surface area contributed by atoms with E-state index in [0.717, 1.165) is 12.1 Å². The van der Waals surface area contributed by atoms with Gasteiger partial charge >= 0.3 is 0 Å². The van der Waals surface area contributed by atoms with E-state index in [1.807, 2.05) is 0 Å². The molecule has 3 rings (SSSR count). The van der Waals surface area contributed by atoms with Gasteiger partial charge in [-0.25, -0.2) is 8.78 Å². The first kappa shape index (κ1) is 15.3. The second-order valence-electron chi connectivity index (χ2n) is 5.30. The van der Waals surface area contributed by atoms with E-state index in [1.165, 1.54) is 6.07 Å². The lowest BCUT2D eigenvalue weighted by Crippen LogP contribution is -2.42. The number of benzene rings is 1. The third-order valence-electron chi connectivity index (χ3n) is 3.73. The van der Waals surface area contributed by atoms with Crippen LogP contribution < -0.4 is 4.74 Å². The molecule has 1 aromatic heterocycles. The van der Waals surface area contributed by atoms with Crippen molar-refractivity contribution in [3.63, 3.8) is 0 Å². The molecule has 23 heavy (non-hydrogen) atoms. The van der Waals surface area contributed by atoms with E-state index in [9.17, 15) is 13.6 Å². The van der Waals surface area contributed by atoms with Crippen LogP contribution in [0.25, 0.3) is 0 Å². The van der Waals surface area contributed by atoms with Crippen molar-refractivity contribution in [1.29, 1.82) is 0 Å². The van der Waals surface area contributed by atoms with Crippen LogP contribution in [0.2, 0.25) is 0 Å². The molecule has 1 aromatic carbocycles. The molecule has 5 nitrogen and oxygen atoms in total. The van der Waals surface area contributed by atoms with Crippen LogP contribution in [0.4, 0.5) is 8.78 Å². The number of hydrogen-bond acceptors (Lipinski definition) is 4. The predicted molar refractivity (Wildman–Crippen MR) is 77.9 cm³/mol. The van der Waals surface area contributed by atoms with E-state index in [2.05, 4.69) is 10.2 Å². The maximum absolute atomic E-state index is 13.7. The Morgan fingerprint density at radius 2 is 2.00 bits per heavy atom. The minimum atomic E-state index is -0.840. The second-order valence-corrected chi connectivity index (χ2v) is 5.30. The standard InChI is InChI=1S/C16H15F2N3O2/c17-11-3-4-13(14(18)10-11)16(22)21-8-5-12(6-9-21)23-15-2-1-7-19-20-15/h1-4,7,10,12H,5-6,8-9H2. The van der Waals surface area contributed by atoms with Gasteiger partial charge in [-0.1, -0.05) is 0 Å². The highest BCUT2D eigenvalue weighted by Gasteiger charge is 2.26. The number of ether oxygens (including phenoxy) is 1. The number of hydrogen-bond donors (Lipinski definition) is 0. The van der Waals surface area contributed by atoms with E-state index in [4.69, 9.17) is 4.74 Å². The molecule has 0 N–H and O–H groups in total. The first-order chi connectivity index (χ1) is 11.1. The maximum atomic E-state index is 13.7. The summed E-state index contributed by atoms with van der Waals surface area (Å²) in [6.07, 6.45) is 2.73. The van der Waals surface area contributed by atoms with Crippen LogP contribution in [-0.2, 0) is 0 Å². The van der Waals surface area contributed by atoms with Crippen LogP contribution in [0.3, 0.4) is 0 Å². The molecule has 2 aromatic rings. The molecule has 120 valence electrons. The molecular formula is C16H15F2N3O2. The van der Waals surface area contributed by atoms with Gasteiger partial charge in [-0.2, -0.15) is 5.10 Å². The number of carbonyl (C=O) groups is 1. The average molecular weight is 319 g/mol. The van der Waals surface area contributed by atoms with Gasteiger partial charge in [0.2, 0.25) is 5.88 Å². The summed E-state index contributed by atoms with van der Waals surface area (Å²) < 4.78 is 32.3. The molecule has 0 aliphatic carbocycles. The fourth-order valence-corrected chi connectivity index (χ4v) is 2.53. The van der Waals surface area contributed by atoms with E-state index in [1.54, 1.807) is 23.2 Å². The number of nitrogens with zero attached hydrogens (tertiary/aromatic N) is 3. The number of amides is 1. The van der Waals surface area contributed by atoms with Gasteiger partial charge in [0.1, 0.15) is 17.7 Å². The molecule has 2 heterocycles. The SMILES string of the molecule is O=C(c1ccc(F)cc1F)N1CCC(Oc2cccnn2)CC1. The van der Waals surface area contributed by atoms with Crippen LogP contribution in [-0.4, -0.2) is 40.2 Å². The highest BCUT2D eigenvalue weighted by Crippen LogP contribution is 2.19. The Labute approximate surface area is 131 Å².